The number of H-pyrrole nitrogens is 1. The highest BCUT2D eigenvalue weighted by molar-refractivity contribution is 5.94. The molecule has 0 aliphatic heterocycles. The van der Waals surface area contributed by atoms with Crippen molar-refractivity contribution in [3.8, 4) is 5.75 Å². The zero-order valence-electron chi connectivity index (χ0n) is 13.8. The SMILES string of the molecule is COc1ccc([C@H](NC(=O)c2ccc(C)[nH]c2=O)C(C)C)cc1. The number of methoxy groups -OCH3 is 1. The molecule has 2 N–H and O–H groups in total. The first-order valence-corrected chi connectivity index (χ1v) is 7.57. The first-order valence-electron chi connectivity index (χ1n) is 7.57. The Morgan fingerprint density at radius 2 is 1.78 bits per heavy atom. The standard InChI is InChI=1S/C18H22N2O3/c1-11(2)16(13-6-8-14(23-4)9-7-13)20-18(22)15-10-5-12(3)19-17(15)21/h5-11,16H,1-4H3,(H,19,21)(H,20,22)/t16-/m1/s1. The summed E-state index contributed by atoms with van der Waals surface area (Å²) >= 11 is 0. The summed E-state index contributed by atoms with van der Waals surface area (Å²) in [7, 11) is 1.61. The van der Waals surface area contributed by atoms with Crippen LogP contribution in [0.3, 0.4) is 0 Å². The molecule has 2 aromatic rings. The lowest BCUT2D eigenvalue weighted by atomic mass is 9.95. The van der Waals surface area contributed by atoms with Crippen molar-refractivity contribution in [1.29, 1.82) is 0 Å². The van der Waals surface area contributed by atoms with Crippen LogP contribution in [0.5, 0.6) is 5.75 Å². The Kier molecular flexibility index (Phi) is 5.21. The molecule has 0 unspecified atom stereocenters. The van der Waals surface area contributed by atoms with Crippen molar-refractivity contribution < 1.29 is 9.53 Å². The average Bonchev–Trinajstić information content (AvgIpc) is 2.52. The summed E-state index contributed by atoms with van der Waals surface area (Å²) in [4.78, 5) is 27.0. The van der Waals surface area contributed by atoms with Crippen LogP contribution in [0.2, 0.25) is 0 Å². The molecular formula is C18H22N2O3. The van der Waals surface area contributed by atoms with E-state index in [4.69, 9.17) is 4.74 Å². The van der Waals surface area contributed by atoms with Crippen LogP contribution in [0.25, 0.3) is 0 Å². The molecule has 0 radical (unpaired) electrons. The number of ether oxygens (including phenoxy) is 1. The summed E-state index contributed by atoms with van der Waals surface area (Å²) < 4.78 is 5.15. The second-order valence-electron chi connectivity index (χ2n) is 5.85. The first-order chi connectivity index (χ1) is 10.9. The van der Waals surface area contributed by atoms with Gasteiger partial charge >= 0.3 is 0 Å². The Labute approximate surface area is 135 Å². The summed E-state index contributed by atoms with van der Waals surface area (Å²) in [5.41, 5.74) is 1.44. The number of nitrogens with one attached hydrogen (secondary N) is 2. The topological polar surface area (TPSA) is 71.2 Å². The van der Waals surface area contributed by atoms with E-state index in [1.54, 1.807) is 26.2 Å². The highest BCUT2D eigenvalue weighted by Gasteiger charge is 2.20. The molecule has 1 amide bonds. The van der Waals surface area contributed by atoms with E-state index in [0.717, 1.165) is 17.0 Å². The summed E-state index contributed by atoms with van der Waals surface area (Å²) in [6.07, 6.45) is 0. The molecule has 0 saturated carbocycles. The van der Waals surface area contributed by atoms with Crippen LogP contribution in [-0.4, -0.2) is 18.0 Å². The smallest absolute Gasteiger partial charge is 0.260 e. The van der Waals surface area contributed by atoms with Gasteiger partial charge in [-0.05, 0) is 42.7 Å². The molecule has 0 fully saturated rings. The number of carbonyl (C=O) groups excluding carboxylic acids is 1. The number of rotatable bonds is 5. The fourth-order valence-electron chi connectivity index (χ4n) is 2.42. The van der Waals surface area contributed by atoms with Gasteiger partial charge in [0.15, 0.2) is 0 Å². The number of pyridine rings is 1. The molecule has 5 heteroatoms. The van der Waals surface area contributed by atoms with Crippen LogP contribution in [0.15, 0.2) is 41.2 Å². The maximum atomic E-state index is 12.4. The van der Waals surface area contributed by atoms with Gasteiger partial charge in [0, 0.05) is 5.69 Å². The normalized spacial score (nSPS) is 12.0. The van der Waals surface area contributed by atoms with E-state index >= 15 is 0 Å². The second kappa shape index (κ2) is 7.13. The fourth-order valence-corrected chi connectivity index (χ4v) is 2.42. The Morgan fingerprint density at radius 1 is 1.13 bits per heavy atom. The molecule has 0 bridgehead atoms. The molecule has 1 aromatic heterocycles. The molecule has 2 rings (SSSR count). The summed E-state index contributed by atoms with van der Waals surface area (Å²) in [6.45, 7) is 5.82. The van der Waals surface area contributed by atoms with E-state index in [1.165, 1.54) is 0 Å². The van der Waals surface area contributed by atoms with E-state index in [9.17, 15) is 9.59 Å². The third kappa shape index (κ3) is 4.00. The number of carbonyl (C=O) groups is 1. The molecule has 23 heavy (non-hydrogen) atoms. The van der Waals surface area contributed by atoms with Crippen molar-refractivity contribution in [2.45, 2.75) is 26.8 Å². The zero-order chi connectivity index (χ0) is 17.0. The van der Waals surface area contributed by atoms with E-state index in [2.05, 4.69) is 10.3 Å². The van der Waals surface area contributed by atoms with Crippen molar-refractivity contribution in [3.63, 3.8) is 0 Å². The summed E-state index contributed by atoms with van der Waals surface area (Å²) in [5.74, 6) is 0.565. The van der Waals surface area contributed by atoms with Crippen molar-refractivity contribution in [1.82, 2.24) is 10.3 Å². The number of aryl methyl sites for hydroxylation is 1. The Morgan fingerprint density at radius 3 is 2.30 bits per heavy atom. The number of hydrogen-bond acceptors (Lipinski definition) is 3. The summed E-state index contributed by atoms with van der Waals surface area (Å²) in [6, 6.07) is 10.6. The molecule has 0 saturated heterocycles. The molecule has 5 nitrogen and oxygen atoms in total. The summed E-state index contributed by atoms with van der Waals surface area (Å²) in [5, 5.41) is 2.95. The number of benzene rings is 1. The average molecular weight is 314 g/mol. The van der Waals surface area contributed by atoms with E-state index in [1.807, 2.05) is 38.1 Å². The van der Waals surface area contributed by atoms with E-state index in [-0.39, 0.29) is 29.0 Å². The third-order valence-corrected chi connectivity index (χ3v) is 3.73. The van der Waals surface area contributed by atoms with Crippen molar-refractivity contribution in [2.75, 3.05) is 7.11 Å². The minimum atomic E-state index is -0.375. The van der Waals surface area contributed by atoms with Crippen LogP contribution in [0, 0.1) is 12.8 Å². The van der Waals surface area contributed by atoms with Crippen molar-refractivity contribution >= 4 is 5.91 Å². The number of aromatic nitrogens is 1. The number of aromatic amines is 1. The predicted octanol–water partition coefficient (Wildman–Crippen LogP) is 2.82. The molecule has 1 atom stereocenters. The van der Waals surface area contributed by atoms with Gasteiger partial charge in [0.25, 0.3) is 11.5 Å². The number of hydrogen-bond donors (Lipinski definition) is 2. The van der Waals surface area contributed by atoms with E-state index in [0.29, 0.717) is 0 Å². The quantitative estimate of drug-likeness (QED) is 0.891. The maximum absolute atomic E-state index is 12.4. The monoisotopic (exact) mass is 314 g/mol. The lowest BCUT2D eigenvalue weighted by Gasteiger charge is -2.23. The highest BCUT2D eigenvalue weighted by atomic mass is 16.5. The number of amides is 1. The molecule has 1 aromatic carbocycles. The van der Waals surface area contributed by atoms with Crippen LogP contribution >= 0.6 is 0 Å². The van der Waals surface area contributed by atoms with Gasteiger partial charge in [0.2, 0.25) is 0 Å². The van der Waals surface area contributed by atoms with Crippen LogP contribution < -0.4 is 15.6 Å². The van der Waals surface area contributed by atoms with Crippen LogP contribution in [-0.2, 0) is 0 Å². The Hall–Kier alpha value is -2.56. The van der Waals surface area contributed by atoms with Gasteiger partial charge in [-0.25, -0.2) is 0 Å². The van der Waals surface area contributed by atoms with Gasteiger partial charge in [0.1, 0.15) is 11.3 Å². The van der Waals surface area contributed by atoms with Gasteiger partial charge in [-0.2, -0.15) is 0 Å². The fraction of sp³-hybridized carbons (Fsp3) is 0.333. The minimum Gasteiger partial charge on any atom is -0.497 e. The van der Waals surface area contributed by atoms with Crippen molar-refractivity contribution in [2.24, 2.45) is 5.92 Å². The molecule has 1 heterocycles. The molecule has 0 aliphatic carbocycles. The van der Waals surface area contributed by atoms with Gasteiger partial charge < -0.3 is 15.0 Å². The molecule has 0 spiro atoms. The van der Waals surface area contributed by atoms with Crippen LogP contribution in [0.1, 0.15) is 41.5 Å². The lowest BCUT2D eigenvalue weighted by Crippen LogP contribution is -2.35. The zero-order valence-corrected chi connectivity index (χ0v) is 13.8. The van der Waals surface area contributed by atoms with Crippen LogP contribution in [0.4, 0.5) is 0 Å². The molecular weight excluding hydrogens is 292 g/mol. The van der Waals surface area contributed by atoms with Gasteiger partial charge in [-0.3, -0.25) is 9.59 Å². The third-order valence-electron chi connectivity index (χ3n) is 3.73. The second-order valence-corrected chi connectivity index (χ2v) is 5.85. The highest BCUT2D eigenvalue weighted by Crippen LogP contribution is 2.24. The minimum absolute atomic E-state index is 0.120. The Balaban J connectivity index is 2.24. The first kappa shape index (κ1) is 16.8. The molecule has 122 valence electrons. The van der Waals surface area contributed by atoms with Gasteiger partial charge in [-0.15, -0.1) is 0 Å². The Bertz CT molecular complexity index is 733. The predicted molar refractivity (Wildman–Crippen MR) is 89.8 cm³/mol. The largest absolute Gasteiger partial charge is 0.497 e. The van der Waals surface area contributed by atoms with E-state index < -0.39 is 0 Å². The van der Waals surface area contributed by atoms with Gasteiger partial charge in [-0.1, -0.05) is 26.0 Å². The lowest BCUT2D eigenvalue weighted by molar-refractivity contribution is 0.0924. The van der Waals surface area contributed by atoms with Gasteiger partial charge in [0.05, 0.1) is 13.2 Å². The molecule has 0 aliphatic rings. The van der Waals surface area contributed by atoms with Crippen molar-refractivity contribution in [3.05, 3.63) is 63.6 Å². The maximum Gasteiger partial charge on any atom is 0.260 e.